The molecule has 0 bridgehead atoms. The number of carbonyl (C=O) groups is 1. The summed E-state index contributed by atoms with van der Waals surface area (Å²) < 4.78 is 5.11. The largest absolute Gasteiger partial charge is 0.507 e. The van der Waals surface area contributed by atoms with Gasteiger partial charge in [-0.05, 0) is 48.4 Å². The monoisotopic (exact) mass is 366 g/mol. The fourth-order valence-electron chi connectivity index (χ4n) is 3.26. The van der Waals surface area contributed by atoms with Crippen molar-refractivity contribution in [3.05, 3.63) is 70.3 Å². The number of aromatic hydroxyl groups is 1. The standard InChI is InChI=1S/C24H30O3/c1-8-27-23(26)17(4)20-10-9-15(2)11-18(20)14-19-12-16(3)13-21(22(19)25)24(5,6)7/h9-13,25H,4,8,14H2,1-3,5-7H3. The van der Waals surface area contributed by atoms with Crippen LogP contribution in [0.5, 0.6) is 5.75 Å². The summed E-state index contributed by atoms with van der Waals surface area (Å²) in [6.07, 6.45) is 0.520. The molecular weight excluding hydrogens is 336 g/mol. The maximum atomic E-state index is 12.2. The van der Waals surface area contributed by atoms with Crippen LogP contribution in [0.15, 0.2) is 36.9 Å². The average Bonchev–Trinajstić information content (AvgIpc) is 2.56. The minimum Gasteiger partial charge on any atom is -0.507 e. The van der Waals surface area contributed by atoms with Crippen molar-refractivity contribution in [3.63, 3.8) is 0 Å². The minimum atomic E-state index is -0.411. The lowest BCUT2D eigenvalue weighted by molar-refractivity contribution is -0.136. The fourth-order valence-corrected chi connectivity index (χ4v) is 3.26. The van der Waals surface area contributed by atoms with Crippen molar-refractivity contribution in [2.75, 3.05) is 6.61 Å². The zero-order valence-electron chi connectivity index (χ0n) is 17.3. The van der Waals surface area contributed by atoms with Gasteiger partial charge in [0.2, 0.25) is 0 Å². The highest BCUT2D eigenvalue weighted by atomic mass is 16.5. The number of esters is 1. The number of phenols is 1. The zero-order valence-corrected chi connectivity index (χ0v) is 17.3. The van der Waals surface area contributed by atoms with E-state index in [2.05, 4.69) is 27.4 Å². The summed E-state index contributed by atoms with van der Waals surface area (Å²) in [6, 6.07) is 9.94. The lowest BCUT2D eigenvalue weighted by Crippen LogP contribution is -2.13. The van der Waals surface area contributed by atoms with Crippen molar-refractivity contribution in [1.29, 1.82) is 0 Å². The van der Waals surface area contributed by atoms with Crippen LogP contribution in [0.3, 0.4) is 0 Å². The fraction of sp³-hybridized carbons (Fsp3) is 0.375. The molecule has 1 N–H and O–H groups in total. The van der Waals surface area contributed by atoms with Gasteiger partial charge >= 0.3 is 5.97 Å². The molecule has 0 fully saturated rings. The van der Waals surface area contributed by atoms with E-state index in [0.29, 0.717) is 24.4 Å². The first kappa shape index (κ1) is 20.8. The molecule has 0 amide bonds. The van der Waals surface area contributed by atoms with Crippen LogP contribution in [-0.2, 0) is 21.4 Å². The zero-order chi connectivity index (χ0) is 20.4. The highest BCUT2D eigenvalue weighted by Crippen LogP contribution is 2.36. The van der Waals surface area contributed by atoms with Gasteiger partial charge in [0.05, 0.1) is 12.2 Å². The summed E-state index contributed by atoms with van der Waals surface area (Å²) in [6.45, 7) is 16.3. The van der Waals surface area contributed by atoms with Crippen LogP contribution in [0.1, 0.15) is 61.1 Å². The molecule has 0 heterocycles. The second-order valence-corrected chi connectivity index (χ2v) is 8.11. The molecule has 0 atom stereocenters. The van der Waals surface area contributed by atoms with E-state index >= 15 is 0 Å². The van der Waals surface area contributed by atoms with Crippen molar-refractivity contribution in [3.8, 4) is 5.75 Å². The quantitative estimate of drug-likeness (QED) is 0.563. The molecule has 0 aromatic heterocycles. The van der Waals surface area contributed by atoms with Crippen molar-refractivity contribution in [2.45, 2.75) is 53.4 Å². The smallest absolute Gasteiger partial charge is 0.338 e. The molecule has 0 spiro atoms. The van der Waals surface area contributed by atoms with Crippen LogP contribution in [-0.4, -0.2) is 17.7 Å². The third-order valence-electron chi connectivity index (χ3n) is 4.63. The Labute approximate surface area is 162 Å². The van der Waals surface area contributed by atoms with E-state index in [4.69, 9.17) is 4.74 Å². The molecule has 2 rings (SSSR count). The van der Waals surface area contributed by atoms with E-state index in [1.165, 1.54) is 0 Å². The summed E-state index contributed by atoms with van der Waals surface area (Å²) in [5, 5.41) is 10.9. The number of carbonyl (C=O) groups excluding carboxylic acids is 1. The number of phenolic OH excluding ortho intramolecular Hbond substituents is 1. The van der Waals surface area contributed by atoms with E-state index in [1.54, 1.807) is 6.92 Å². The molecule has 0 saturated carbocycles. The lowest BCUT2D eigenvalue weighted by Gasteiger charge is -2.23. The van der Waals surface area contributed by atoms with Crippen molar-refractivity contribution >= 4 is 11.5 Å². The topological polar surface area (TPSA) is 46.5 Å². The van der Waals surface area contributed by atoms with Gasteiger partial charge in [-0.15, -0.1) is 0 Å². The highest BCUT2D eigenvalue weighted by Gasteiger charge is 2.22. The number of hydrogen-bond donors (Lipinski definition) is 1. The number of hydrogen-bond acceptors (Lipinski definition) is 3. The van der Waals surface area contributed by atoms with Gasteiger partial charge in [-0.3, -0.25) is 0 Å². The molecule has 0 unspecified atom stereocenters. The number of aryl methyl sites for hydroxylation is 2. The summed E-state index contributed by atoms with van der Waals surface area (Å²) in [7, 11) is 0. The molecule has 0 aliphatic heterocycles. The Bertz CT molecular complexity index is 870. The van der Waals surface area contributed by atoms with Crippen LogP contribution in [0.25, 0.3) is 5.57 Å². The second-order valence-electron chi connectivity index (χ2n) is 8.11. The Hall–Kier alpha value is -2.55. The molecule has 27 heavy (non-hydrogen) atoms. The summed E-state index contributed by atoms with van der Waals surface area (Å²) in [5.41, 5.74) is 5.87. The summed E-state index contributed by atoms with van der Waals surface area (Å²) >= 11 is 0. The van der Waals surface area contributed by atoms with Crippen LogP contribution in [0, 0.1) is 13.8 Å². The number of rotatable bonds is 5. The van der Waals surface area contributed by atoms with Gasteiger partial charge in [0, 0.05) is 6.42 Å². The van der Waals surface area contributed by atoms with E-state index in [-0.39, 0.29) is 5.41 Å². The average molecular weight is 367 g/mol. The molecule has 2 aromatic rings. The number of ether oxygens (including phenoxy) is 1. The van der Waals surface area contributed by atoms with Crippen molar-refractivity contribution < 1.29 is 14.6 Å². The van der Waals surface area contributed by atoms with Gasteiger partial charge in [-0.2, -0.15) is 0 Å². The third kappa shape index (κ3) is 4.79. The van der Waals surface area contributed by atoms with Gasteiger partial charge in [0.1, 0.15) is 5.75 Å². The summed E-state index contributed by atoms with van der Waals surface area (Å²) in [5.74, 6) is -0.0891. The Balaban J connectivity index is 2.52. The lowest BCUT2D eigenvalue weighted by atomic mass is 9.83. The molecule has 0 saturated heterocycles. The molecule has 144 valence electrons. The molecule has 3 nitrogen and oxygen atoms in total. The van der Waals surface area contributed by atoms with E-state index < -0.39 is 5.97 Å². The SMILES string of the molecule is C=C(C(=O)OCC)c1ccc(C)cc1Cc1cc(C)cc(C(C)(C)C)c1O. The normalized spacial score (nSPS) is 11.3. The maximum Gasteiger partial charge on any atom is 0.338 e. The van der Waals surface area contributed by atoms with Gasteiger partial charge in [-0.1, -0.05) is 68.8 Å². The van der Waals surface area contributed by atoms with Crippen molar-refractivity contribution in [1.82, 2.24) is 0 Å². The third-order valence-corrected chi connectivity index (χ3v) is 4.63. The molecule has 3 heteroatoms. The first-order chi connectivity index (χ1) is 12.5. The first-order valence-corrected chi connectivity index (χ1v) is 9.33. The molecule has 2 aromatic carbocycles. The van der Waals surface area contributed by atoms with E-state index in [0.717, 1.165) is 33.4 Å². The molecule has 0 aliphatic rings. The highest BCUT2D eigenvalue weighted by molar-refractivity contribution is 6.16. The Morgan fingerprint density at radius 2 is 1.70 bits per heavy atom. The van der Waals surface area contributed by atoms with Gasteiger partial charge in [0.25, 0.3) is 0 Å². The van der Waals surface area contributed by atoms with Gasteiger partial charge in [0.15, 0.2) is 0 Å². The van der Waals surface area contributed by atoms with Gasteiger partial charge in [-0.25, -0.2) is 4.79 Å². The summed E-state index contributed by atoms with van der Waals surface area (Å²) in [4.78, 5) is 12.2. The van der Waals surface area contributed by atoms with Gasteiger partial charge < -0.3 is 9.84 Å². The Morgan fingerprint density at radius 3 is 2.30 bits per heavy atom. The molecule has 0 radical (unpaired) electrons. The predicted molar refractivity (Wildman–Crippen MR) is 111 cm³/mol. The molecular formula is C24H30O3. The Kier molecular flexibility index (Phi) is 6.15. The predicted octanol–water partition coefficient (Wildman–Crippen LogP) is 5.47. The van der Waals surface area contributed by atoms with Crippen LogP contribution in [0.4, 0.5) is 0 Å². The molecule has 0 aliphatic carbocycles. The minimum absolute atomic E-state index is 0.158. The van der Waals surface area contributed by atoms with E-state index in [9.17, 15) is 9.90 Å². The first-order valence-electron chi connectivity index (χ1n) is 9.33. The van der Waals surface area contributed by atoms with Crippen LogP contribution in [0.2, 0.25) is 0 Å². The van der Waals surface area contributed by atoms with Crippen molar-refractivity contribution in [2.24, 2.45) is 0 Å². The Morgan fingerprint density at radius 1 is 1.07 bits per heavy atom. The maximum absolute atomic E-state index is 12.2. The van der Waals surface area contributed by atoms with Crippen LogP contribution >= 0.6 is 0 Å². The number of benzene rings is 2. The second kappa shape index (κ2) is 7.99. The van der Waals surface area contributed by atoms with E-state index in [1.807, 2.05) is 44.2 Å². The van der Waals surface area contributed by atoms with Crippen LogP contribution < -0.4 is 0 Å².